The molecule has 94 valence electrons. The molecule has 1 aliphatic heterocycles. The summed E-state index contributed by atoms with van der Waals surface area (Å²) < 4.78 is 0. The standard InChI is InChI=1S/C14H21NO2/c1-11-8-13(10-17)2-3-14(11)15-6-4-12(9-15)5-7-16/h2-3,8,12,16-17H,4-7,9-10H2,1H3. The largest absolute Gasteiger partial charge is 0.396 e. The predicted octanol–water partition coefficient (Wildman–Crippen LogP) is 1.70. The first kappa shape index (κ1) is 12.4. The number of aryl methyl sites for hydroxylation is 1. The van der Waals surface area contributed by atoms with Gasteiger partial charge in [0, 0.05) is 25.4 Å². The summed E-state index contributed by atoms with van der Waals surface area (Å²) in [6.45, 7) is 4.60. The molecule has 1 unspecified atom stereocenters. The van der Waals surface area contributed by atoms with E-state index in [2.05, 4.69) is 24.0 Å². The van der Waals surface area contributed by atoms with Gasteiger partial charge in [0.1, 0.15) is 0 Å². The summed E-state index contributed by atoms with van der Waals surface area (Å²) in [5.74, 6) is 0.622. The first-order chi connectivity index (χ1) is 8.24. The van der Waals surface area contributed by atoms with Crippen molar-refractivity contribution in [2.24, 2.45) is 5.92 Å². The molecule has 3 heteroatoms. The van der Waals surface area contributed by atoms with Gasteiger partial charge in [-0.25, -0.2) is 0 Å². The minimum Gasteiger partial charge on any atom is -0.396 e. The van der Waals surface area contributed by atoms with Crippen LogP contribution in [0.4, 0.5) is 5.69 Å². The molecule has 1 aliphatic rings. The van der Waals surface area contributed by atoms with Crippen LogP contribution in [0.3, 0.4) is 0 Å². The van der Waals surface area contributed by atoms with Crippen LogP contribution >= 0.6 is 0 Å². The number of benzene rings is 1. The fraction of sp³-hybridized carbons (Fsp3) is 0.571. The maximum absolute atomic E-state index is 9.09. The van der Waals surface area contributed by atoms with Crippen LogP contribution in [-0.2, 0) is 6.61 Å². The SMILES string of the molecule is Cc1cc(CO)ccc1N1CCC(CCO)C1. The van der Waals surface area contributed by atoms with Crippen molar-refractivity contribution < 1.29 is 10.2 Å². The molecule has 17 heavy (non-hydrogen) atoms. The molecule has 0 spiro atoms. The minimum atomic E-state index is 0.105. The molecule has 0 radical (unpaired) electrons. The molecule has 1 aromatic rings. The van der Waals surface area contributed by atoms with Gasteiger partial charge in [-0.1, -0.05) is 12.1 Å². The van der Waals surface area contributed by atoms with E-state index in [0.717, 1.165) is 25.1 Å². The van der Waals surface area contributed by atoms with Gasteiger partial charge in [0.15, 0.2) is 0 Å². The summed E-state index contributed by atoms with van der Waals surface area (Å²) >= 11 is 0. The second-order valence-corrected chi connectivity index (χ2v) is 4.89. The maximum atomic E-state index is 9.09. The fourth-order valence-electron chi connectivity index (χ4n) is 2.64. The van der Waals surface area contributed by atoms with Gasteiger partial charge in [0.2, 0.25) is 0 Å². The Morgan fingerprint density at radius 3 is 2.82 bits per heavy atom. The summed E-state index contributed by atoms with van der Waals surface area (Å²) in [5, 5.41) is 18.0. The average Bonchev–Trinajstić information content (AvgIpc) is 2.78. The van der Waals surface area contributed by atoms with E-state index in [1.807, 2.05) is 6.07 Å². The lowest BCUT2D eigenvalue weighted by atomic mass is 10.1. The summed E-state index contributed by atoms with van der Waals surface area (Å²) in [7, 11) is 0. The minimum absolute atomic E-state index is 0.105. The first-order valence-electron chi connectivity index (χ1n) is 6.30. The number of hydrogen-bond acceptors (Lipinski definition) is 3. The topological polar surface area (TPSA) is 43.7 Å². The Balaban J connectivity index is 2.08. The molecule has 1 saturated heterocycles. The fourth-order valence-corrected chi connectivity index (χ4v) is 2.64. The summed E-state index contributed by atoms with van der Waals surface area (Å²) in [5.41, 5.74) is 3.46. The van der Waals surface area contributed by atoms with Crippen LogP contribution in [0.25, 0.3) is 0 Å². The van der Waals surface area contributed by atoms with Crippen LogP contribution in [0.1, 0.15) is 24.0 Å². The highest BCUT2D eigenvalue weighted by molar-refractivity contribution is 5.55. The number of rotatable bonds is 4. The second kappa shape index (κ2) is 5.52. The lowest BCUT2D eigenvalue weighted by molar-refractivity contribution is 0.263. The average molecular weight is 235 g/mol. The Bertz CT molecular complexity index is 378. The molecule has 1 heterocycles. The van der Waals surface area contributed by atoms with Gasteiger partial charge >= 0.3 is 0 Å². The van der Waals surface area contributed by atoms with Gasteiger partial charge in [-0.05, 0) is 42.9 Å². The molecule has 0 aliphatic carbocycles. The van der Waals surface area contributed by atoms with E-state index < -0.39 is 0 Å². The zero-order chi connectivity index (χ0) is 12.3. The molecular formula is C14H21NO2. The van der Waals surface area contributed by atoms with Crippen molar-refractivity contribution in [2.75, 3.05) is 24.6 Å². The molecule has 2 N–H and O–H groups in total. The van der Waals surface area contributed by atoms with Gasteiger partial charge in [0.25, 0.3) is 0 Å². The van der Waals surface area contributed by atoms with Crippen LogP contribution in [0.5, 0.6) is 0 Å². The zero-order valence-electron chi connectivity index (χ0n) is 10.4. The molecule has 0 amide bonds. The lowest BCUT2D eigenvalue weighted by Gasteiger charge is -2.21. The molecule has 1 aromatic carbocycles. The number of aliphatic hydroxyl groups excluding tert-OH is 2. The van der Waals surface area contributed by atoms with Crippen molar-refractivity contribution in [3.63, 3.8) is 0 Å². The van der Waals surface area contributed by atoms with E-state index >= 15 is 0 Å². The Morgan fingerprint density at radius 2 is 2.18 bits per heavy atom. The third-order valence-corrected chi connectivity index (χ3v) is 3.61. The molecular weight excluding hydrogens is 214 g/mol. The third kappa shape index (κ3) is 2.79. The summed E-state index contributed by atoms with van der Waals surface area (Å²) in [6.07, 6.45) is 2.08. The van der Waals surface area contributed by atoms with Crippen molar-refractivity contribution in [1.82, 2.24) is 0 Å². The summed E-state index contributed by atoms with van der Waals surface area (Å²) in [4.78, 5) is 2.39. The van der Waals surface area contributed by atoms with E-state index in [-0.39, 0.29) is 6.61 Å². The second-order valence-electron chi connectivity index (χ2n) is 4.89. The first-order valence-corrected chi connectivity index (χ1v) is 6.30. The Hall–Kier alpha value is -1.06. The molecule has 1 atom stereocenters. The van der Waals surface area contributed by atoms with Crippen molar-refractivity contribution in [2.45, 2.75) is 26.4 Å². The van der Waals surface area contributed by atoms with E-state index in [0.29, 0.717) is 12.5 Å². The van der Waals surface area contributed by atoms with Crippen molar-refractivity contribution in [1.29, 1.82) is 0 Å². The van der Waals surface area contributed by atoms with Gasteiger partial charge in [0.05, 0.1) is 6.61 Å². The van der Waals surface area contributed by atoms with Gasteiger partial charge in [-0.15, -0.1) is 0 Å². The van der Waals surface area contributed by atoms with Crippen molar-refractivity contribution in [3.8, 4) is 0 Å². The number of hydrogen-bond donors (Lipinski definition) is 2. The van der Waals surface area contributed by atoms with E-state index in [1.165, 1.54) is 17.7 Å². The maximum Gasteiger partial charge on any atom is 0.0681 e. The van der Waals surface area contributed by atoms with Crippen LogP contribution in [0.2, 0.25) is 0 Å². The zero-order valence-corrected chi connectivity index (χ0v) is 10.4. The van der Waals surface area contributed by atoms with Crippen LogP contribution in [-0.4, -0.2) is 29.9 Å². The monoisotopic (exact) mass is 235 g/mol. The highest BCUT2D eigenvalue weighted by Crippen LogP contribution is 2.28. The van der Waals surface area contributed by atoms with Crippen LogP contribution in [0.15, 0.2) is 18.2 Å². The van der Waals surface area contributed by atoms with E-state index in [4.69, 9.17) is 10.2 Å². The molecule has 2 rings (SSSR count). The quantitative estimate of drug-likeness (QED) is 0.834. The predicted molar refractivity (Wildman–Crippen MR) is 69.1 cm³/mol. The molecule has 0 aromatic heterocycles. The Morgan fingerprint density at radius 1 is 1.35 bits per heavy atom. The molecule has 3 nitrogen and oxygen atoms in total. The van der Waals surface area contributed by atoms with Crippen molar-refractivity contribution >= 4 is 5.69 Å². The molecule has 1 fully saturated rings. The smallest absolute Gasteiger partial charge is 0.0681 e. The summed E-state index contributed by atoms with van der Waals surface area (Å²) in [6, 6.07) is 6.14. The van der Waals surface area contributed by atoms with Crippen LogP contribution in [0, 0.1) is 12.8 Å². The Kier molecular flexibility index (Phi) is 4.02. The number of nitrogens with zero attached hydrogens (tertiary/aromatic N) is 1. The van der Waals surface area contributed by atoms with Crippen molar-refractivity contribution in [3.05, 3.63) is 29.3 Å². The normalized spacial score (nSPS) is 19.9. The van der Waals surface area contributed by atoms with Gasteiger partial charge in [-0.3, -0.25) is 0 Å². The van der Waals surface area contributed by atoms with Gasteiger partial charge < -0.3 is 15.1 Å². The Labute approximate surface area is 103 Å². The van der Waals surface area contributed by atoms with E-state index in [1.54, 1.807) is 0 Å². The van der Waals surface area contributed by atoms with Gasteiger partial charge in [-0.2, -0.15) is 0 Å². The molecule has 0 bridgehead atoms. The van der Waals surface area contributed by atoms with E-state index in [9.17, 15) is 0 Å². The lowest BCUT2D eigenvalue weighted by Crippen LogP contribution is -2.20. The van der Waals surface area contributed by atoms with Crippen LogP contribution < -0.4 is 4.90 Å². The molecule has 0 saturated carbocycles. The third-order valence-electron chi connectivity index (χ3n) is 3.61. The highest BCUT2D eigenvalue weighted by Gasteiger charge is 2.22. The highest BCUT2D eigenvalue weighted by atomic mass is 16.3. The number of aliphatic hydroxyl groups is 2. The number of anilines is 1.